The Morgan fingerprint density at radius 1 is 1.23 bits per heavy atom. The van der Waals surface area contributed by atoms with Gasteiger partial charge < -0.3 is 10.4 Å². The van der Waals surface area contributed by atoms with Crippen molar-refractivity contribution >= 4 is 17.3 Å². The molecule has 0 atom stereocenters. The molecule has 1 saturated carbocycles. The number of rotatable bonds is 3. The molecule has 5 nitrogen and oxygen atoms in total. The van der Waals surface area contributed by atoms with E-state index in [4.69, 9.17) is 11.6 Å². The zero-order valence-corrected chi connectivity index (χ0v) is 14.4. The molecule has 0 amide bonds. The minimum absolute atomic E-state index is 0.0148. The highest BCUT2D eigenvalue weighted by atomic mass is 35.5. The van der Waals surface area contributed by atoms with E-state index in [1.54, 1.807) is 0 Å². The van der Waals surface area contributed by atoms with E-state index in [9.17, 15) is 23.1 Å². The lowest BCUT2D eigenvalue weighted by Crippen LogP contribution is -2.30. The minimum Gasteiger partial charge on any atom is -0.393 e. The third-order valence-corrected chi connectivity index (χ3v) is 4.76. The Morgan fingerprint density at radius 2 is 1.92 bits per heavy atom. The highest BCUT2D eigenvalue weighted by Crippen LogP contribution is 2.30. The molecule has 0 unspecified atom stereocenters. The highest BCUT2D eigenvalue weighted by molar-refractivity contribution is 6.32. The van der Waals surface area contributed by atoms with Crippen molar-refractivity contribution in [3.63, 3.8) is 0 Å². The van der Waals surface area contributed by atoms with Crippen molar-refractivity contribution in [3.8, 4) is 5.69 Å². The van der Waals surface area contributed by atoms with Crippen LogP contribution in [0.15, 0.2) is 35.3 Å². The summed E-state index contributed by atoms with van der Waals surface area (Å²) in [5.41, 5.74) is -1.25. The second-order valence-electron chi connectivity index (χ2n) is 6.29. The number of alkyl halides is 3. The van der Waals surface area contributed by atoms with Gasteiger partial charge in [0, 0.05) is 6.04 Å². The molecule has 1 aromatic carbocycles. The maximum Gasteiger partial charge on any atom is 0.416 e. The Balaban J connectivity index is 1.87. The van der Waals surface area contributed by atoms with Crippen molar-refractivity contribution < 1.29 is 18.3 Å². The lowest BCUT2D eigenvalue weighted by molar-refractivity contribution is -0.137. The Labute approximate surface area is 152 Å². The first-order valence-corrected chi connectivity index (χ1v) is 8.53. The number of hydrogen-bond donors (Lipinski definition) is 2. The molecule has 1 aliphatic rings. The number of anilines is 1. The van der Waals surface area contributed by atoms with Crippen molar-refractivity contribution in [2.24, 2.45) is 0 Å². The maximum atomic E-state index is 12.9. The van der Waals surface area contributed by atoms with Gasteiger partial charge in [0.2, 0.25) is 0 Å². The van der Waals surface area contributed by atoms with Crippen molar-refractivity contribution in [2.45, 2.75) is 44.0 Å². The molecule has 1 aromatic heterocycles. The SMILES string of the molecule is O=c1c(Cl)c(NC2CCC(O)CC2)cnn1-c1cccc(C(F)(F)F)c1. The molecular formula is C17H17ClF3N3O2. The van der Waals surface area contributed by atoms with E-state index in [1.807, 2.05) is 0 Å². The van der Waals surface area contributed by atoms with Crippen molar-refractivity contribution in [3.05, 3.63) is 51.4 Å². The Bertz CT molecular complexity index is 846. The Morgan fingerprint density at radius 3 is 2.58 bits per heavy atom. The molecule has 140 valence electrons. The van der Waals surface area contributed by atoms with Crippen LogP contribution in [0.25, 0.3) is 5.69 Å². The van der Waals surface area contributed by atoms with Gasteiger partial charge in [-0.3, -0.25) is 4.79 Å². The average molecular weight is 388 g/mol. The van der Waals surface area contributed by atoms with Crippen LogP contribution < -0.4 is 10.9 Å². The third-order valence-electron chi connectivity index (χ3n) is 4.39. The van der Waals surface area contributed by atoms with E-state index < -0.39 is 17.3 Å². The second kappa shape index (κ2) is 7.28. The van der Waals surface area contributed by atoms with Gasteiger partial charge >= 0.3 is 6.18 Å². The first-order chi connectivity index (χ1) is 12.3. The lowest BCUT2D eigenvalue weighted by atomic mass is 9.93. The molecule has 0 aliphatic heterocycles. The number of hydrogen-bond acceptors (Lipinski definition) is 4. The van der Waals surface area contributed by atoms with Gasteiger partial charge in [0.15, 0.2) is 0 Å². The Kier molecular flexibility index (Phi) is 5.24. The fourth-order valence-electron chi connectivity index (χ4n) is 2.97. The van der Waals surface area contributed by atoms with Gasteiger partial charge in [0.05, 0.1) is 29.2 Å². The van der Waals surface area contributed by atoms with E-state index >= 15 is 0 Å². The molecule has 3 rings (SSSR count). The second-order valence-corrected chi connectivity index (χ2v) is 6.67. The van der Waals surface area contributed by atoms with Gasteiger partial charge in [-0.1, -0.05) is 17.7 Å². The normalized spacial score (nSPS) is 20.8. The zero-order valence-electron chi connectivity index (χ0n) is 13.6. The third kappa shape index (κ3) is 4.02. The number of aliphatic hydroxyl groups is 1. The van der Waals surface area contributed by atoms with E-state index in [2.05, 4.69) is 10.4 Å². The summed E-state index contributed by atoms with van der Waals surface area (Å²) < 4.78 is 39.4. The smallest absolute Gasteiger partial charge is 0.393 e. The average Bonchev–Trinajstić information content (AvgIpc) is 2.60. The Hall–Kier alpha value is -2.06. The maximum absolute atomic E-state index is 12.9. The molecule has 0 spiro atoms. The van der Waals surface area contributed by atoms with Crippen LogP contribution in [0, 0.1) is 0 Å². The summed E-state index contributed by atoms with van der Waals surface area (Å²) in [6.45, 7) is 0. The molecule has 26 heavy (non-hydrogen) atoms. The van der Waals surface area contributed by atoms with Gasteiger partial charge in [-0.15, -0.1) is 0 Å². The topological polar surface area (TPSA) is 67.2 Å². The molecule has 0 bridgehead atoms. The van der Waals surface area contributed by atoms with Crippen LogP contribution in [0.3, 0.4) is 0 Å². The molecule has 2 aromatic rings. The number of nitrogens with one attached hydrogen (secondary N) is 1. The summed E-state index contributed by atoms with van der Waals surface area (Å²) in [7, 11) is 0. The fraction of sp³-hybridized carbons (Fsp3) is 0.412. The van der Waals surface area contributed by atoms with Gasteiger partial charge in [0.1, 0.15) is 5.02 Å². The first kappa shape index (κ1) is 18.7. The number of nitrogens with zero attached hydrogens (tertiary/aromatic N) is 2. The van der Waals surface area contributed by atoms with Gasteiger partial charge in [-0.05, 0) is 43.9 Å². The highest BCUT2D eigenvalue weighted by Gasteiger charge is 2.30. The zero-order chi connectivity index (χ0) is 18.9. The first-order valence-electron chi connectivity index (χ1n) is 8.16. The summed E-state index contributed by atoms with van der Waals surface area (Å²) in [6, 6.07) is 4.39. The van der Waals surface area contributed by atoms with E-state index in [0.717, 1.165) is 29.7 Å². The molecule has 1 fully saturated rings. The quantitative estimate of drug-likeness (QED) is 0.844. The summed E-state index contributed by atoms with van der Waals surface area (Å²) in [6.07, 6.45) is -0.724. The number of aromatic nitrogens is 2. The van der Waals surface area contributed by atoms with Gasteiger partial charge in [0.25, 0.3) is 5.56 Å². The number of aliphatic hydroxyl groups excluding tert-OH is 1. The van der Waals surface area contributed by atoms with Crippen LogP contribution in [0.5, 0.6) is 0 Å². The van der Waals surface area contributed by atoms with Crippen molar-refractivity contribution in [2.75, 3.05) is 5.32 Å². The van der Waals surface area contributed by atoms with E-state index in [-0.39, 0.29) is 22.9 Å². The fourth-order valence-corrected chi connectivity index (χ4v) is 3.15. The van der Waals surface area contributed by atoms with Gasteiger partial charge in [-0.2, -0.15) is 23.0 Å². The molecule has 0 saturated heterocycles. The number of benzene rings is 1. The largest absolute Gasteiger partial charge is 0.416 e. The summed E-state index contributed by atoms with van der Waals surface area (Å²) in [5, 5.41) is 16.5. The van der Waals surface area contributed by atoms with Crippen LogP contribution in [-0.2, 0) is 6.18 Å². The van der Waals surface area contributed by atoms with Crippen LogP contribution in [0.2, 0.25) is 5.02 Å². The van der Waals surface area contributed by atoms with E-state index in [1.165, 1.54) is 18.3 Å². The molecule has 1 aliphatic carbocycles. The van der Waals surface area contributed by atoms with Crippen LogP contribution in [0.1, 0.15) is 31.2 Å². The predicted molar refractivity (Wildman–Crippen MR) is 91.7 cm³/mol. The van der Waals surface area contributed by atoms with Crippen LogP contribution >= 0.6 is 11.6 Å². The predicted octanol–water partition coefficient (Wildman–Crippen LogP) is 3.62. The molecule has 9 heteroatoms. The van der Waals surface area contributed by atoms with Gasteiger partial charge in [-0.25, -0.2) is 0 Å². The molecule has 0 radical (unpaired) electrons. The minimum atomic E-state index is -4.52. The summed E-state index contributed by atoms with van der Waals surface area (Å²) in [5.74, 6) is 0. The van der Waals surface area contributed by atoms with Crippen LogP contribution in [0.4, 0.5) is 18.9 Å². The summed E-state index contributed by atoms with van der Waals surface area (Å²) in [4.78, 5) is 12.5. The lowest BCUT2D eigenvalue weighted by Gasteiger charge is -2.27. The standard InChI is InChI=1S/C17H17ClF3N3O2/c18-15-14(23-11-4-6-13(25)7-5-11)9-22-24(16(15)26)12-3-1-2-10(8-12)17(19,20)21/h1-3,8-9,11,13,23,25H,4-7H2. The molecule has 2 N–H and O–H groups in total. The van der Waals surface area contributed by atoms with Crippen LogP contribution in [-0.4, -0.2) is 27.0 Å². The van der Waals surface area contributed by atoms with E-state index in [0.29, 0.717) is 18.5 Å². The monoisotopic (exact) mass is 387 g/mol. The number of halogens is 4. The molecular weight excluding hydrogens is 371 g/mol. The van der Waals surface area contributed by atoms with Crippen molar-refractivity contribution in [1.82, 2.24) is 9.78 Å². The molecule has 1 heterocycles. The summed E-state index contributed by atoms with van der Waals surface area (Å²) >= 11 is 6.12. The van der Waals surface area contributed by atoms with Crippen molar-refractivity contribution in [1.29, 1.82) is 0 Å².